The molecule has 1 rings (SSSR count). The fourth-order valence-electron chi connectivity index (χ4n) is 1.18. The maximum absolute atomic E-state index is 10.8. The number of nitrogens with zero attached hydrogens (tertiary/aromatic N) is 1. The van der Waals surface area contributed by atoms with Crippen LogP contribution in [0, 0.1) is 17.2 Å². The summed E-state index contributed by atoms with van der Waals surface area (Å²) in [6.07, 6.45) is 0. The molecule has 77 valence electrons. The van der Waals surface area contributed by atoms with E-state index in [0.29, 0.717) is 11.3 Å². The molecule has 3 nitrogen and oxygen atoms in total. The first kappa shape index (κ1) is 11.3. The second kappa shape index (κ2) is 4.61. The number of carbonyl (C=O) groups excluding carboxylic acids is 1. The minimum Gasteiger partial charge on any atom is -0.427 e. The molecule has 15 heavy (non-hydrogen) atoms. The molecule has 0 saturated heterocycles. The van der Waals surface area contributed by atoms with Crippen LogP contribution in [0.2, 0.25) is 0 Å². The molecule has 0 aliphatic carbocycles. The normalized spacial score (nSPS) is 9.80. The predicted molar refractivity (Wildman–Crippen MR) is 56.2 cm³/mol. The third-order valence-electron chi connectivity index (χ3n) is 1.87. The number of ether oxygens (including phenoxy) is 1. The largest absolute Gasteiger partial charge is 0.427 e. The van der Waals surface area contributed by atoms with Crippen molar-refractivity contribution in [3.8, 4) is 11.8 Å². The predicted octanol–water partition coefficient (Wildman–Crippen LogP) is 2.45. The Labute approximate surface area is 89.3 Å². The molecule has 0 saturated carbocycles. The molecule has 0 aliphatic rings. The quantitative estimate of drug-likeness (QED) is 0.546. The Kier molecular flexibility index (Phi) is 3.46. The molecular weight excluding hydrogens is 190 g/mol. The zero-order valence-electron chi connectivity index (χ0n) is 9.00. The Hall–Kier alpha value is -1.82. The molecule has 0 N–H and O–H groups in total. The van der Waals surface area contributed by atoms with Crippen LogP contribution in [0.5, 0.6) is 5.75 Å². The van der Waals surface area contributed by atoms with E-state index in [-0.39, 0.29) is 5.97 Å². The monoisotopic (exact) mass is 202 g/mol. The van der Waals surface area contributed by atoms with E-state index in [1.165, 1.54) is 6.92 Å². The summed E-state index contributed by atoms with van der Waals surface area (Å²) in [5.41, 5.74) is 1.40. The Bertz CT molecular complexity index is 416. The maximum atomic E-state index is 10.8. The SMILES string of the molecule is C[C](C)c1cc(C#N)cc(OC(C)=O)c1. The minimum atomic E-state index is -0.384. The van der Waals surface area contributed by atoms with Crippen molar-refractivity contribution in [3.63, 3.8) is 0 Å². The minimum absolute atomic E-state index is 0.384. The van der Waals surface area contributed by atoms with E-state index < -0.39 is 0 Å². The number of carbonyl (C=O) groups is 1. The van der Waals surface area contributed by atoms with E-state index in [4.69, 9.17) is 10.00 Å². The summed E-state index contributed by atoms with van der Waals surface area (Å²) in [7, 11) is 0. The molecule has 1 radical (unpaired) electrons. The lowest BCUT2D eigenvalue weighted by Gasteiger charge is -2.08. The highest BCUT2D eigenvalue weighted by atomic mass is 16.5. The van der Waals surface area contributed by atoms with Crippen LogP contribution in [0.4, 0.5) is 0 Å². The van der Waals surface area contributed by atoms with Gasteiger partial charge in [0.2, 0.25) is 0 Å². The fourth-order valence-corrected chi connectivity index (χ4v) is 1.18. The second-order valence-corrected chi connectivity index (χ2v) is 3.45. The summed E-state index contributed by atoms with van der Waals surface area (Å²) in [4.78, 5) is 10.8. The topological polar surface area (TPSA) is 50.1 Å². The first-order valence-corrected chi connectivity index (χ1v) is 4.57. The van der Waals surface area contributed by atoms with Gasteiger partial charge in [-0.25, -0.2) is 0 Å². The van der Waals surface area contributed by atoms with Crippen LogP contribution >= 0.6 is 0 Å². The molecule has 3 heteroatoms. The number of esters is 1. The summed E-state index contributed by atoms with van der Waals surface area (Å²) < 4.78 is 4.94. The van der Waals surface area contributed by atoms with Gasteiger partial charge in [0.1, 0.15) is 5.75 Å². The van der Waals surface area contributed by atoms with Crippen LogP contribution in [-0.2, 0) is 4.79 Å². The first-order chi connectivity index (χ1) is 7.02. The van der Waals surface area contributed by atoms with Crippen LogP contribution in [0.25, 0.3) is 0 Å². The van der Waals surface area contributed by atoms with Gasteiger partial charge in [0.05, 0.1) is 11.6 Å². The molecule has 0 atom stereocenters. The highest BCUT2D eigenvalue weighted by Crippen LogP contribution is 2.22. The molecule has 0 aromatic heterocycles. The Balaban J connectivity index is 3.12. The summed E-state index contributed by atoms with van der Waals surface area (Å²) in [6.45, 7) is 5.21. The summed E-state index contributed by atoms with van der Waals surface area (Å²) in [5.74, 6) is 1.10. The number of hydrogen-bond donors (Lipinski definition) is 0. The molecule has 0 spiro atoms. The van der Waals surface area contributed by atoms with Crippen molar-refractivity contribution < 1.29 is 9.53 Å². The molecule has 0 amide bonds. The standard InChI is InChI=1S/C12H12NO2/c1-8(2)11-4-10(7-13)5-12(6-11)15-9(3)14/h4-6H,1-3H3. The molecule has 0 fully saturated rings. The second-order valence-electron chi connectivity index (χ2n) is 3.45. The molecular formula is C12H12NO2. The molecule has 1 aromatic carbocycles. The van der Waals surface area contributed by atoms with E-state index in [1.807, 2.05) is 19.9 Å². The summed E-state index contributed by atoms with van der Waals surface area (Å²) >= 11 is 0. The van der Waals surface area contributed by atoms with E-state index in [2.05, 4.69) is 0 Å². The van der Waals surface area contributed by atoms with Gasteiger partial charge in [0, 0.05) is 6.92 Å². The van der Waals surface area contributed by atoms with E-state index in [0.717, 1.165) is 11.5 Å². The van der Waals surface area contributed by atoms with Crippen molar-refractivity contribution in [2.75, 3.05) is 0 Å². The van der Waals surface area contributed by atoms with Gasteiger partial charge in [0.15, 0.2) is 0 Å². The number of hydrogen-bond acceptors (Lipinski definition) is 3. The highest BCUT2D eigenvalue weighted by Gasteiger charge is 2.06. The Morgan fingerprint density at radius 3 is 2.40 bits per heavy atom. The zero-order valence-corrected chi connectivity index (χ0v) is 9.00. The molecule has 0 aliphatic heterocycles. The van der Waals surface area contributed by atoms with E-state index in [1.54, 1.807) is 18.2 Å². The van der Waals surface area contributed by atoms with Gasteiger partial charge in [-0.15, -0.1) is 0 Å². The van der Waals surface area contributed by atoms with Crippen LogP contribution in [0.1, 0.15) is 31.9 Å². The van der Waals surface area contributed by atoms with Crippen LogP contribution in [0.15, 0.2) is 18.2 Å². The van der Waals surface area contributed by atoms with Crippen LogP contribution in [0.3, 0.4) is 0 Å². The molecule has 0 heterocycles. The fraction of sp³-hybridized carbons (Fsp3) is 0.250. The van der Waals surface area contributed by atoms with Gasteiger partial charge in [0.25, 0.3) is 0 Å². The zero-order chi connectivity index (χ0) is 11.4. The van der Waals surface area contributed by atoms with E-state index >= 15 is 0 Å². The lowest BCUT2D eigenvalue weighted by Crippen LogP contribution is -2.02. The van der Waals surface area contributed by atoms with Crippen molar-refractivity contribution in [3.05, 3.63) is 35.2 Å². The number of nitriles is 1. The van der Waals surface area contributed by atoms with Crippen molar-refractivity contribution in [1.29, 1.82) is 5.26 Å². The van der Waals surface area contributed by atoms with Gasteiger partial charge < -0.3 is 4.74 Å². The van der Waals surface area contributed by atoms with Crippen LogP contribution < -0.4 is 4.74 Å². The third kappa shape index (κ3) is 3.10. The Morgan fingerprint density at radius 2 is 1.93 bits per heavy atom. The first-order valence-electron chi connectivity index (χ1n) is 4.57. The van der Waals surface area contributed by atoms with E-state index in [9.17, 15) is 4.79 Å². The third-order valence-corrected chi connectivity index (χ3v) is 1.87. The van der Waals surface area contributed by atoms with Crippen molar-refractivity contribution >= 4 is 5.97 Å². The van der Waals surface area contributed by atoms with Crippen molar-refractivity contribution in [2.24, 2.45) is 0 Å². The average Bonchev–Trinajstić information content (AvgIpc) is 2.16. The van der Waals surface area contributed by atoms with Gasteiger partial charge in [-0.3, -0.25) is 4.79 Å². The van der Waals surface area contributed by atoms with Gasteiger partial charge >= 0.3 is 5.97 Å². The van der Waals surface area contributed by atoms with Gasteiger partial charge in [-0.1, -0.05) is 13.8 Å². The average molecular weight is 202 g/mol. The lowest BCUT2D eigenvalue weighted by molar-refractivity contribution is -0.131. The smallest absolute Gasteiger partial charge is 0.308 e. The summed E-state index contributed by atoms with van der Waals surface area (Å²) in [5, 5.41) is 8.80. The molecule has 1 aromatic rings. The van der Waals surface area contributed by atoms with Gasteiger partial charge in [-0.2, -0.15) is 5.26 Å². The lowest BCUT2D eigenvalue weighted by atomic mass is 10.0. The van der Waals surface area contributed by atoms with Crippen molar-refractivity contribution in [2.45, 2.75) is 20.8 Å². The van der Waals surface area contributed by atoms with Crippen LogP contribution in [-0.4, -0.2) is 5.97 Å². The molecule has 0 bridgehead atoms. The highest BCUT2D eigenvalue weighted by molar-refractivity contribution is 5.69. The summed E-state index contributed by atoms with van der Waals surface area (Å²) in [6, 6.07) is 7.09. The number of rotatable bonds is 2. The van der Waals surface area contributed by atoms with Gasteiger partial charge in [-0.05, 0) is 29.7 Å². The number of benzene rings is 1. The maximum Gasteiger partial charge on any atom is 0.308 e. The Morgan fingerprint density at radius 1 is 1.27 bits per heavy atom. The molecule has 0 unspecified atom stereocenters. The van der Waals surface area contributed by atoms with Crippen molar-refractivity contribution in [1.82, 2.24) is 0 Å².